The smallest absolute Gasteiger partial charge is 0.00142 e. The lowest BCUT2D eigenvalue weighted by Gasteiger charge is -2.22. The van der Waals surface area contributed by atoms with E-state index in [1.165, 1.54) is 6.42 Å². The van der Waals surface area contributed by atoms with E-state index in [1.54, 1.807) is 0 Å². The molecule has 0 fully saturated rings. The van der Waals surface area contributed by atoms with Crippen LogP contribution in [0.2, 0.25) is 0 Å². The molecule has 0 aromatic carbocycles. The van der Waals surface area contributed by atoms with Gasteiger partial charge in [0, 0.05) is 5.25 Å². The standard InChI is InChI=1S/C10H22S/c1-7(2)8(3)6-9(4)10(5)11/h7-11H,6H2,1-5H3. The highest BCUT2D eigenvalue weighted by atomic mass is 32.1. The maximum absolute atomic E-state index is 4.44. The normalized spacial score (nSPS) is 19.9. The van der Waals surface area contributed by atoms with Crippen molar-refractivity contribution in [3.05, 3.63) is 0 Å². The van der Waals surface area contributed by atoms with Crippen LogP contribution in [-0.4, -0.2) is 5.25 Å². The second-order valence-electron chi connectivity index (χ2n) is 4.17. The predicted molar refractivity (Wildman–Crippen MR) is 56.2 cm³/mol. The molecule has 0 saturated carbocycles. The van der Waals surface area contributed by atoms with Crippen LogP contribution in [0.4, 0.5) is 0 Å². The summed E-state index contributed by atoms with van der Waals surface area (Å²) < 4.78 is 0. The first kappa shape index (κ1) is 11.4. The monoisotopic (exact) mass is 174 g/mol. The molecule has 3 unspecified atom stereocenters. The largest absolute Gasteiger partial charge is 0.176 e. The highest BCUT2D eigenvalue weighted by molar-refractivity contribution is 7.80. The molecule has 0 aromatic heterocycles. The Bertz CT molecular complexity index is 85.0. The molecule has 0 bridgehead atoms. The van der Waals surface area contributed by atoms with Gasteiger partial charge in [0.15, 0.2) is 0 Å². The first-order valence-corrected chi connectivity index (χ1v) is 5.14. The van der Waals surface area contributed by atoms with E-state index in [1.807, 2.05) is 0 Å². The summed E-state index contributed by atoms with van der Waals surface area (Å²) in [6, 6.07) is 0. The molecule has 1 heteroatoms. The fraction of sp³-hybridized carbons (Fsp3) is 1.00. The Kier molecular flexibility index (Phi) is 5.24. The summed E-state index contributed by atoms with van der Waals surface area (Å²) in [6.45, 7) is 11.4. The van der Waals surface area contributed by atoms with Gasteiger partial charge in [0.2, 0.25) is 0 Å². The van der Waals surface area contributed by atoms with Crippen LogP contribution in [0.25, 0.3) is 0 Å². The Labute approximate surface area is 77.2 Å². The van der Waals surface area contributed by atoms with Gasteiger partial charge in [0.05, 0.1) is 0 Å². The lowest BCUT2D eigenvalue weighted by Crippen LogP contribution is -2.14. The van der Waals surface area contributed by atoms with E-state index in [0.717, 1.165) is 17.8 Å². The minimum atomic E-state index is 0.538. The van der Waals surface area contributed by atoms with Crippen molar-refractivity contribution in [2.75, 3.05) is 0 Å². The molecule has 0 spiro atoms. The van der Waals surface area contributed by atoms with Gasteiger partial charge in [-0.15, -0.1) is 0 Å². The summed E-state index contributed by atoms with van der Waals surface area (Å²) in [5.41, 5.74) is 0. The van der Waals surface area contributed by atoms with E-state index in [2.05, 4.69) is 47.2 Å². The Balaban J connectivity index is 3.66. The average Bonchev–Trinajstić information content (AvgIpc) is 1.87. The lowest BCUT2D eigenvalue weighted by atomic mass is 9.87. The van der Waals surface area contributed by atoms with E-state index in [-0.39, 0.29) is 0 Å². The number of thiol groups is 1. The molecule has 0 aliphatic heterocycles. The molecule has 3 atom stereocenters. The number of hydrogen-bond donors (Lipinski definition) is 1. The van der Waals surface area contributed by atoms with Crippen LogP contribution >= 0.6 is 12.6 Å². The molecule has 0 aliphatic carbocycles. The van der Waals surface area contributed by atoms with Gasteiger partial charge in [-0.05, 0) is 24.2 Å². The van der Waals surface area contributed by atoms with E-state index in [9.17, 15) is 0 Å². The van der Waals surface area contributed by atoms with Crippen molar-refractivity contribution in [2.45, 2.75) is 46.3 Å². The van der Waals surface area contributed by atoms with E-state index < -0.39 is 0 Å². The lowest BCUT2D eigenvalue weighted by molar-refractivity contribution is 0.331. The molecule has 0 rings (SSSR count). The van der Waals surface area contributed by atoms with Crippen molar-refractivity contribution in [2.24, 2.45) is 17.8 Å². The average molecular weight is 174 g/mol. The Morgan fingerprint density at radius 1 is 0.909 bits per heavy atom. The maximum atomic E-state index is 4.44. The van der Waals surface area contributed by atoms with Crippen molar-refractivity contribution < 1.29 is 0 Å². The number of rotatable bonds is 4. The molecule has 0 amide bonds. The molecule has 0 radical (unpaired) electrons. The van der Waals surface area contributed by atoms with Crippen LogP contribution in [0.5, 0.6) is 0 Å². The van der Waals surface area contributed by atoms with Crippen molar-refractivity contribution in [1.82, 2.24) is 0 Å². The summed E-state index contributed by atoms with van der Waals surface area (Å²) in [4.78, 5) is 0. The molecule has 0 aliphatic rings. The van der Waals surface area contributed by atoms with Crippen molar-refractivity contribution in [3.8, 4) is 0 Å². The summed E-state index contributed by atoms with van der Waals surface area (Å²) in [7, 11) is 0. The van der Waals surface area contributed by atoms with Crippen LogP contribution in [0.15, 0.2) is 0 Å². The molecule has 0 nitrogen and oxygen atoms in total. The second-order valence-corrected chi connectivity index (χ2v) is 4.99. The topological polar surface area (TPSA) is 0 Å². The van der Waals surface area contributed by atoms with Gasteiger partial charge in [-0.1, -0.05) is 34.6 Å². The zero-order valence-electron chi connectivity index (χ0n) is 8.46. The minimum absolute atomic E-state index is 0.538. The molecular formula is C10H22S. The van der Waals surface area contributed by atoms with Crippen LogP contribution in [0.1, 0.15) is 41.0 Å². The molecule has 0 N–H and O–H groups in total. The van der Waals surface area contributed by atoms with E-state index >= 15 is 0 Å². The van der Waals surface area contributed by atoms with Gasteiger partial charge in [-0.3, -0.25) is 0 Å². The fourth-order valence-corrected chi connectivity index (χ4v) is 1.18. The molecule has 68 valence electrons. The van der Waals surface area contributed by atoms with E-state index in [0.29, 0.717) is 5.25 Å². The first-order chi connectivity index (χ1) is 4.95. The molecule has 0 saturated heterocycles. The Morgan fingerprint density at radius 3 is 1.64 bits per heavy atom. The second kappa shape index (κ2) is 5.08. The minimum Gasteiger partial charge on any atom is -0.176 e. The fourth-order valence-electron chi connectivity index (χ4n) is 1.06. The van der Waals surface area contributed by atoms with Crippen LogP contribution in [0.3, 0.4) is 0 Å². The van der Waals surface area contributed by atoms with Gasteiger partial charge in [-0.2, -0.15) is 12.6 Å². The van der Waals surface area contributed by atoms with Gasteiger partial charge in [0.25, 0.3) is 0 Å². The first-order valence-electron chi connectivity index (χ1n) is 4.63. The third-order valence-corrected chi connectivity index (χ3v) is 3.21. The van der Waals surface area contributed by atoms with Gasteiger partial charge >= 0.3 is 0 Å². The predicted octanol–water partition coefficient (Wildman–Crippen LogP) is 3.62. The number of hydrogen-bond acceptors (Lipinski definition) is 1. The van der Waals surface area contributed by atoms with Crippen LogP contribution < -0.4 is 0 Å². The Hall–Kier alpha value is 0.350. The third-order valence-electron chi connectivity index (χ3n) is 2.71. The highest BCUT2D eigenvalue weighted by Crippen LogP contribution is 2.23. The van der Waals surface area contributed by atoms with Crippen molar-refractivity contribution in [3.63, 3.8) is 0 Å². The van der Waals surface area contributed by atoms with Gasteiger partial charge < -0.3 is 0 Å². The SMILES string of the molecule is CC(C)C(C)CC(C)C(C)S. The van der Waals surface area contributed by atoms with Gasteiger partial charge in [0.1, 0.15) is 0 Å². The molecule has 0 heterocycles. The quantitative estimate of drug-likeness (QED) is 0.618. The molecular weight excluding hydrogens is 152 g/mol. The summed E-state index contributed by atoms with van der Waals surface area (Å²) in [5.74, 6) is 2.39. The zero-order valence-corrected chi connectivity index (χ0v) is 9.36. The van der Waals surface area contributed by atoms with Crippen LogP contribution in [0, 0.1) is 17.8 Å². The highest BCUT2D eigenvalue weighted by Gasteiger charge is 2.14. The van der Waals surface area contributed by atoms with Crippen LogP contribution in [-0.2, 0) is 0 Å². The van der Waals surface area contributed by atoms with E-state index in [4.69, 9.17) is 0 Å². The van der Waals surface area contributed by atoms with Crippen molar-refractivity contribution >= 4 is 12.6 Å². The molecule has 0 aromatic rings. The van der Waals surface area contributed by atoms with Gasteiger partial charge in [-0.25, -0.2) is 0 Å². The Morgan fingerprint density at radius 2 is 1.36 bits per heavy atom. The maximum Gasteiger partial charge on any atom is 0.00142 e. The van der Waals surface area contributed by atoms with Crippen molar-refractivity contribution in [1.29, 1.82) is 0 Å². The summed E-state index contributed by atoms with van der Waals surface area (Å²) in [5, 5.41) is 0.538. The molecule has 11 heavy (non-hydrogen) atoms. The summed E-state index contributed by atoms with van der Waals surface area (Å²) in [6.07, 6.45) is 1.31. The third kappa shape index (κ3) is 4.73. The summed E-state index contributed by atoms with van der Waals surface area (Å²) >= 11 is 4.44. The zero-order chi connectivity index (χ0) is 9.02.